The van der Waals surface area contributed by atoms with Crippen LogP contribution in [0.2, 0.25) is 0 Å². The van der Waals surface area contributed by atoms with Crippen molar-refractivity contribution in [2.24, 2.45) is 0 Å². The highest BCUT2D eigenvalue weighted by Crippen LogP contribution is 2.09. The average Bonchev–Trinajstić information content (AvgIpc) is 2.30. The van der Waals surface area contributed by atoms with E-state index in [-0.39, 0.29) is 12.2 Å². The summed E-state index contributed by atoms with van der Waals surface area (Å²) in [5.74, 6) is -0.697. The van der Waals surface area contributed by atoms with Crippen molar-refractivity contribution in [3.8, 4) is 0 Å². The fourth-order valence-corrected chi connectivity index (χ4v) is 1.45. The molecule has 0 atom stereocenters. The Hall–Kier alpha value is -1.64. The van der Waals surface area contributed by atoms with Gasteiger partial charge < -0.3 is 4.74 Å². The van der Waals surface area contributed by atoms with Crippen LogP contribution < -0.4 is 0 Å². The second kappa shape index (κ2) is 6.05. The van der Waals surface area contributed by atoms with E-state index in [9.17, 15) is 9.59 Å². The van der Waals surface area contributed by atoms with Crippen LogP contribution in [-0.2, 0) is 16.0 Å². The van der Waals surface area contributed by atoms with E-state index < -0.39 is 5.97 Å². The van der Waals surface area contributed by atoms with E-state index >= 15 is 0 Å². The number of hydrogen-bond acceptors (Lipinski definition) is 3. The Bertz CT molecular complexity index is 365. The fraction of sp³-hybridized carbons (Fsp3) is 0.385. The third-order valence-corrected chi connectivity index (χ3v) is 2.35. The molecule has 0 amide bonds. The number of Topliss-reactive ketones (excluding diaryl/α,β-unsaturated/α-hetero) is 1. The zero-order valence-electron chi connectivity index (χ0n) is 9.66. The van der Waals surface area contributed by atoms with Crippen LogP contribution in [0, 0.1) is 0 Å². The van der Waals surface area contributed by atoms with Crippen LogP contribution in [-0.4, -0.2) is 18.9 Å². The normalized spacial score (nSPS) is 9.88. The van der Waals surface area contributed by atoms with Crippen molar-refractivity contribution in [2.45, 2.75) is 26.2 Å². The van der Waals surface area contributed by atoms with Crippen molar-refractivity contribution in [2.75, 3.05) is 7.11 Å². The minimum absolute atomic E-state index is 0.191. The molecule has 0 heterocycles. The van der Waals surface area contributed by atoms with Gasteiger partial charge in [-0.05, 0) is 12.0 Å². The number of rotatable bonds is 5. The van der Waals surface area contributed by atoms with E-state index in [1.54, 1.807) is 12.1 Å². The molecule has 0 aliphatic rings. The standard InChI is InChI=1S/C13H16O3/c1-3-4-10-5-7-11(8-6-10)12(14)9-13(15)16-2/h5-8H,3-4,9H2,1-2H3. The highest BCUT2D eigenvalue weighted by molar-refractivity contribution is 6.05. The molecule has 0 aromatic heterocycles. The number of ether oxygens (including phenoxy) is 1. The third-order valence-electron chi connectivity index (χ3n) is 2.35. The van der Waals surface area contributed by atoms with Crippen LogP contribution in [0.5, 0.6) is 0 Å². The van der Waals surface area contributed by atoms with Gasteiger partial charge in [0.1, 0.15) is 6.42 Å². The van der Waals surface area contributed by atoms with Crippen LogP contribution >= 0.6 is 0 Å². The van der Waals surface area contributed by atoms with Gasteiger partial charge in [0, 0.05) is 5.56 Å². The maximum absolute atomic E-state index is 11.6. The lowest BCUT2D eigenvalue weighted by Gasteiger charge is -2.02. The Morgan fingerprint density at radius 1 is 1.19 bits per heavy atom. The molecular weight excluding hydrogens is 204 g/mol. The Morgan fingerprint density at radius 2 is 1.81 bits per heavy atom. The molecule has 0 saturated heterocycles. The van der Waals surface area contributed by atoms with Crippen molar-refractivity contribution in [3.05, 3.63) is 35.4 Å². The molecule has 0 fully saturated rings. The Morgan fingerprint density at radius 3 is 2.31 bits per heavy atom. The van der Waals surface area contributed by atoms with Crippen molar-refractivity contribution in [1.29, 1.82) is 0 Å². The summed E-state index contributed by atoms with van der Waals surface area (Å²) in [5.41, 5.74) is 1.77. The van der Waals surface area contributed by atoms with Gasteiger partial charge in [0.25, 0.3) is 0 Å². The number of hydrogen-bond donors (Lipinski definition) is 0. The molecule has 16 heavy (non-hydrogen) atoms. The first-order chi connectivity index (χ1) is 7.67. The van der Waals surface area contributed by atoms with Gasteiger partial charge in [-0.15, -0.1) is 0 Å². The van der Waals surface area contributed by atoms with Gasteiger partial charge in [0.05, 0.1) is 7.11 Å². The minimum Gasteiger partial charge on any atom is -0.469 e. The van der Waals surface area contributed by atoms with Crippen LogP contribution in [0.3, 0.4) is 0 Å². The second-order valence-electron chi connectivity index (χ2n) is 3.62. The lowest BCUT2D eigenvalue weighted by Crippen LogP contribution is -2.09. The van der Waals surface area contributed by atoms with Crippen LogP contribution in [0.4, 0.5) is 0 Å². The molecule has 0 unspecified atom stereocenters. The van der Waals surface area contributed by atoms with E-state index in [0.717, 1.165) is 12.8 Å². The molecule has 3 heteroatoms. The number of aryl methyl sites for hydroxylation is 1. The van der Waals surface area contributed by atoms with E-state index in [4.69, 9.17) is 0 Å². The number of methoxy groups -OCH3 is 1. The fourth-order valence-electron chi connectivity index (χ4n) is 1.45. The van der Waals surface area contributed by atoms with Crippen molar-refractivity contribution >= 4 is 11.8 Å². The summed E-state index contributed by atoms with van der Waals surface area (Å²) in [7, 11) is 1.28. The number of benzene rings is 1. The van der Waals surface area contributed by atoms with E-state index in [0.29, 0.717) is 5.56 Å². The van der Waals surface area contributed by atoms with Gasteiger partial charge >= 0.3 is 5.97 Å². The monoisotopic (exact) mass is 220 g/mol. The smallest absolute Gasteiger partial charge is 0.313 e. The first kappa shape index (κ1) is 12.4. The molecule has 0 N–H and O–H groups in total. The largest absolute Gasteiger partial charge is 0.469 e. The molecule has 1 rings (SSSR count). The predicted octanol–water partition coefficient (Wildman–Crippen LogP) is 2.38. The van der Waals surface area contributed by atoms with Gasteiger partial charge in [-0.2, -0.15) is 0 Å². The zero-order valence-corrected chi connectivity index (χ0v) is 9.66. The summed E-state index contributed by atoms with van der Waals surface area (Å²) in [5, 5.41) is 0. The van der Waals surface area contributed by atoms with Crippen LogP contribution in [0.15, 0.2) is 24.3 Å². The molecule has 1 aromatic rings. The number of esters is 1. The molecule has 1 aromatic carbocycles. The maximum Gasteiger partial charge on any atom is 0.313 e. The van der Waals surface area contributed by atoms with Crippen molar-refractivity contribution in [3.63, 3.8) is 0 Å². The third kappa shape index (κ3) is 3.50. The molecule has 0 aliphatic carbocycles. The quantitative estimate of drug-likeness (QED) is 0.434. The second-order valence-corrected chi connectivity index (χ2v) is 3.62. The summed E-state index contributed by atoms with van der Waals surface area (Å²) in [4.78, 5) is 22.5. The van der Waals surface area contributed by atoms with Crippen molar-refractivity contribution in [1.82, 2.24) is 0 Å². The van der Waals surface area contributed by atoms with E-state index in [1.165, 1.54) is 12.7 Å². The summed E-state index contributed by atoms with van der Waals surface area (Å²) in [6, 6.07) is 7.37. The highest BCUT2D eigenvalue weighted by atomic mass is 16.5. The lowest BCUT2D eigenvalue weighted by atomic mass is 10.0. The van der Waals surface area contributed by atoms with Crippen LogP contribution in [0.1, 0.15) is 35.7 Å². The molecule has 0 bridgehead atoms. The Balaban J connectivity index is 2.66. The van der Waals surface area contributed by atoms with Crippen molar-refractivity contribution < 1.29 is 14.3 Å². The SMILES string of the molecule is CCCc1ccc(C(=O)CC(=O)OC)cc1. The minimum atomic E-state index is -0.498. The zero-order chi connectivity index (χ0) is 12.0. The maximum atomic E-state index is 11.6. The number of ketones is 1. The van der Waals surface area contributed by atoms with E-state index in [2.05, 4.69) is 11.7 Å². The predicted molar refractivity (Wildman–Crippen MR) is 61.4 cm³/mol. The van der Waals surface area contributed by atoms with Crippen LogP contribution in [0.25, 0.3) is 0 Å². The van der Waals surface area contributed by atoms with Gasteiger partial charge in [0.2, 0.25) is 0 Å². The van der Waals surface area contributed by atoms with E-state index in [1.807, 2.05) is 12.1 Å². The number of carbonyl (C=O) groups excluding carboxylic acids is 2. The Labute approximate surface area is 95.4 Å². The first-order valence-electron chi connectivity index (χ1n) is 5.36. The summed E-state index contributed by atoms with van der Waals surface area (Å²) in [6.07, 6.45) is 1.89. The topological polar surface area (TPSA) is 43.4 Å². The van der Waals surface area contributed by atoms with Gasteiger partial charge in [-0.25, -0.2) is 0 Å². The molecule has 0 spiro atoms. The Kier molecular flexibility index (Phi) is 4.70. The van der Waals surface area contributed by atoms with Gasteiger partial charge in [0.15, 0.2) is 5.78 Å². The molecule has 3 nitrogen and oxygen atoms in total. The lowest BCUT2D eigenvalue weighted by molar-refractivity contribution is -0.139. The average molecular weight is 220 g/mol. The molecular formula is C13H16O3. The summed E-state index contributed by atoms with van der Waals surface area (Å²) < 4.78 is 4.44. The molecule has 0 saturated carbocycles. The van der Waals surface area contributed by atoms with Gasteiger partial charge in [-0.1, -0.05) is 37.6 Å². The molecule has 0 radical (unpaired) electrons. The summed E-state index contributed by atoms with van der Waals surface area (Å²) in [6.45, 7) is 2.11. The highest BCUT2D eigenvalue weighted by Gasteiger charge is 2.11. The summed E-state index contributed by atoms with van der Waals surface area (Å²) >= 11 is 0. The first-order valence-corrected chi connectivity index (χ1v) is 5.36. The molecule has 86 valence electrons. The number of carbonyl (C=O) groups is 2. The molecule has 0 aliphatic heterocycles. The van der Waals surface area contributed by atoms with Gasteiger partial charge in [-0.3, -0.25) is 9.59 Å².